The van der Waals surface area contributed by atoms with Crippen molar-refractivity contribution in [1.29, 1.82) is 0 Å². The standard InChI is InChI=1S/C25H24Cl2N2O4S/c1-14(29-24(34)22-23(30)20(32-3)12-13-28-22)25(31)33-15(2)21(16-4-8-18(26)9-5-16)17-6-10-19(27)11-7-17/h4-15,21,30H,1-3H3,(H,29,34)/t14-,15-/m0/s1. The minimum Gasteiger partial charge on any atom is -0.503 e. The molecule has 0 spiro atoms. The van der Waals surface area contributed by atoms with Crippen molar-refractivity contribution in [3.63, 3.8) is 0 Å². The third kappa shape index (κ3) is 6.17. The van der Waals surface area contributed by atoms with Gasteiger partial charge in [0.15, 0.2) is 11.5 Å². The summed E-state index contributed by atoms with van der Waals surface area (Å²) >= 11 is 17.5. The van der Waals surface area contributed by atoms with Gasteiger partial charge < -0.3 is 19.9 Å². The van der Waals surface area contributed by atoms with Crippen LogP contribution in [0, 0.1) is 0 Å². The van der Waals surface area contributed by atoms with Crippen LogP contribution in [0.5, 0.6) is 11.5 Å². The summed E-state index contributed by atoms with van der Waals surface area (Å²) in [5.74, 6) is -0.736. The van der Waals surface area contributed by atoms with E-state index in [2.05, 4.69) is 10.3 Å². The van der Waals surface area contributed by atoms with E-state index in [4.69, 9.17) is 44.9 Å². The average Bonchev–Trinajstić information content (AvgIpc) is 2.81. The minimum atomic E-state index is -0.793. The number of hydrogen-bond donors (Lipinski definition) is 2. The van der Waals surface area contributed by atoms with E-state index < -0.39 is 18.1 Å². The van der Waals surface area contributed by atoms with Gasteiger partial charge in [0.25, 0.3) is 0 Å². The average molecular weight is 519 g/mol. The van der Waals surface area contributed by atoms with Crippen molar-refractivity contribution >= 4 is 46.4 Å². The number of methoxy groups -OCH3 is 1. The largest absolute Gasteiger partial charge is 0.503 e. The predicted octanol–water partition coefficient (Wildman–Crippen LogP) is 5.52. The van der Waals surface area contributed by atoms with E-state index in [1.54, 1.807) is 31.2 Å². The lowest BCUT2D eigenvalue weighted by Crippen LogP contribution is -2.41. The number of ether oxygens (including phenoxy) is 2. The number of carbonyl (C=O) groups is 1. The molecule has 0 aliphatic carbocycles. The van der Waals surface area contributed by atoms with Gasteiger partial charge in [-0.05, 0) is 49.2 Å². The lowest BCUT2D eigenvalue weighted by atomic mass is 9.87. The first-order valence-corrected chi connectivity index (χ1v) is 11.6. The van der Waals surface area contributed by atoms with E-state index in [-0.39, 0.29) is 28.1 Å². The van der Waals surface area contributed by atoms with E-state index in [1.807, 2.05) is 31.2 Å². The third-order valence-electron chi connectivity index (χ3n) is 5.25. The molecule has 2 N–H and O–H groups in total. The van der Waals surface area contributed by atoms with Crippen LogP contribution < -0.4 is 10.1 Å². The van der Waals surface area contributed by atoms with E-state index in [0.717, 1.165) is 11.1 Å². The van der Waals surface area contributed by atoms with Gasteiger partial charge in [0.1, 0.15) is 22.8 Å². The van der Waals surface area contributed by atoms with E-state index in [1.165, 1.54) is 19.4 Å². The molecular weight excluding hydrogens is 495 g/mol. The molecule has 178 valence electrons. The summed E-state index contributed by atoms with van der Waals surface area (Å²) in [5.41, 5.74) is 1.99. The van der Waals surface area contributed by atoms with E-state index in [9.17, 15) is 9.90 Å². The van der Waals surface area contributed by atoms with Crippen LogP contribution >= 0.6 is 35.4 Å². The molecule has 3 rings (SSSR count). The normalized spacial score (nSPS) is 12.6. The van der Waals surface area contributed by atoms with Crippen LogP contribution in [0.25, 0.3) is 0 Å². The Hall–Kier alpha value is -2.87. The second-order valence-corrected chi connectivity index (χ2v) is 8.91. The van der Waals surface area contributed by atoms with Crippen LogP contribution in [0.15, 0.2) is 60.8 Å². The van der Waals surface area contributed by atoms with Gasteiger partial charge in [-0.1, -0.05) is 59.7 Å². The number of aromatic hydroxyl groups is 1. The first-order chi connectivity index (χ1) is 16.2. The molecule has 0 unspecified atom stereocenters. The number of carbonyl (C=O) groups excluding carboxylic acids is 1. The molecule has 1 heterocycles. The van der Waals surface area contributed by atoms with Crippen LogP contribution in [0.1, 0.15) is 36.6 Å². The quantitative estimate of drug-likeness (QED) is 0.300. The smallest absolute Gasteiger partial charge is 0.328 e. The van der Waals surface area contributed by atoms with Crippen molar-refractivity contribution in [2.24, 2.45) is 0 Å². The highest BCUT2D eigenvalue weighted by molar-refractivity contribution is 7.80. The maximum absolute atomic E-state index is 12.9. The molecule has 9 heteroatoms. The number of nitrogens with zero attached hydrogens (tertiary/aromatic N) is 1. The fourth-order valence-corrected chi connectivity index (χ4v) is 4.10. The Morgan fingerprint density at radius 3 is 2.03 bits per heavy atom. The summed E-state index contributed by atoms with van der Waals surface area (Å²) in [5, 5.41) is 14.4. The number of nitrogens with one attached hydrogen (secondary N) is 1. The van der Waals surface area contributed by atoms with Crippen LogP contribution in [0.2, 0.25) is 10.0 Å². The van der Waals surface area contributed by atoms with Crippen molar-refractivity contribution in [2.75, 3.05) is 7.11 Å². The molecule has 2 atom stereocenters. The van der Waals surface area contributed by atoms with Gasteiger partial charge in [0, 0.05) is 28.2 Å². The highest BCUT2D eigenvalue weighted by Gasteiger charge is 2.27. The van der Waals surface area contributed by atoms with Gasteiger partial charge >= 0.3 is 5.97 Å². The Morgan fingerprint density at radius 1 is 1.00 bits per heavy atom. The monoisotopic (exact) mass is 518 g/mol. The zero-order chi connectivity index (χ0) is 24.8. The summed E-state index contributed by atoms with van der Waals surface area (Å²) in [6.45, 7) is 3.45. The number of esters is 1. The van der Waals surface area contributed by atoms with Gasteiger partial charge in [-0.3, -0.25) is 0 Å². The van der Waals surface area contributed by atoms with Crippen molar-refractivity contribution < 1.29 is 19.4 Å². The zero-order valence-electron chi connectivity index (χ0n) is 18.8. The zero-order valence-corrected chi connectivity index (χ0v) is 21.1. The Balaban J connectivity index is 1.76. The maximum atomic E-state index is 12.9. The Labute approximate surface area is 213 Å². The predicted molar refractivity (Wildman–Crippen MR) is 137 cm³/mol. The SMILES string of the molecule is COc1ccnc(C(=S)N[C@@H](C)C(=O)O[C@@H](C)C(c2ccc(Cl)cc2)c2ccc(Cl)cc2)c1O. The summed E-state index contributed by atoms with van der Waals surface area (Å²) < 4.78 is 10.9. The number of pyridine rings is 1. The number of aromatic nitrogens is 1. The molecule has 6 nitrogen and oxygen atoms in total. The Kier molecular flexibility index (Phi) is 8.72. The molecule has 1 aromatic heterocycles. The van der Waals surface area contributed by atoms with Crippen molar-refractivity contribution in [3.8, 4) is 11.5 Å². The summed E-state index contributed by atoms with van der Waals surface area (Å²) in [6.07, 6.45) is 0.937. The summed E-state index contributed by atoms with van der Waals surface area (Å²) in [6, 6.07) is 15.5. The second-order valence-electron chi connectivity index (χ2n) is 7.63. The van der Waals surface area contributed by atoms with Crippen LogP contribution in [0.3, 0.4) is 0 Å². The number of thiocarbonyl (C=S) groups is 1. The summed E-state index contributed by atoms with van der Waals surface area (Å²) in [7, 11) is 1.43. The topological polar surface area (TPSA) is 80.7 Å². The van der Waals surface area contributed by atoms with E-state index in [0.29, 0.717) is 10.0 Å². The van der Waals surface area contributed by atoms with Gasteiger partial charge in [0.2, 0.25) is 0 Å². The third-order valence-corrected chi connectivity index (χ3v) is 6.07. The molecule has 0 saturated carbocycles. The molecule has 0 radical (unpaired) electrons. The molecule has 3 aromatic rings. The number of hydrogen-bond acceptors (Lipinski definition) is 6. The van der Waals surface area contributed by atoms with Crippen LogP contribution in [-0.4, -0.2) is 40.3 Å². The molecule has 2 aromatic carbocycles. The van der Waals surface area contributed by atoms with Crippen molar-refractivity contribution in [2.45, 2.75) is 31.9 Å². The van der Waals surface area contributed by atoms with Gasteiger partial charge in [0.05, 0.1) is 7.11 Å². The van der Waals surface area contributed by atoms with Crippen molar-refractivity contribution in [1.82, 2.24) is 10.3 Å². The number of rotatable bonds is 8. The lowest BCUT2D eigenvalue weighted by Gasteiger charge is -2.27. The first kappa shape index (κ1) is 25.7. The van der Waals surface area contributed by atoms with Crippen molar-refractivity contribution in [3.05, 3.63) is 87.7 Å². The molecule has 0 bridgehead atoms. The highest BCUT2D eigenvalue weighted by Crippen LogP contribution is 2.32. The molecule has 0 aliphatic heterocycles. The van der Waals surface area contributed by atoms with Crippen LogP contribution in [-0.2, 0) is 9.53 Å². The Bertz CT molecular complexity index is 1110. The van der Waals surface area contributed by atoms with Gasteiger partial charge in [-0.25, -0.2) is 9.78 Å². The summed E-state index contributed by atoms with van der Waals surface area (Å²) in [4.78, 5) is 17.1. The second kappa shape index (κ2) is 11.5. The maximum Gasteiger partial charge on any atom is 0.328 e. The fourth-order valence-electron chi connectivity index (χ4n) is 3.52. The number of halogens is 2. The molecule has 0 amide bonds. The molecule has 0 aliphatic rings. The first-order valence-electron chi connectivity index (χ1n) is 10.5. The van der Waals surface area contributed by atoms with Gasteiger partial charge in [-0.15, -0.1) is 0 Å². The highest BCUT2D eigenvalue weighted by atomic mass is 35.5. The molecular formula is C25H24Cl2N2O4S. The molecule has 0 saturated heterocycles. The minimum absolute atomic E-state index is 0.0976. The molecule has 34 heavy (non-hydrogen) atoms. The Morgan fingerprint density at radius 2 is 1.53 bits per heavy atom. The lowest BCUT2D eigenvalue weighted by molar-refractivity contribution is -0.150. The van der Waals surface area contributed by atoms with E-state index >= 15 is 0 Å². The number of benzene rings is 2. The van der Waals surface area contributed by atoms with Gasteiger partial charge in [-0.2, -0.15) is 0 Å². The molecule has 0 fully saturated rings. The van der Waals surface area contributed by atoms with Crippen LogP contribution in [0.4, 0.5) is 0 Å². The fraction of sp³-hybridized carbons (Fsp3) is 0.240.